The van der Waals surface area contributed by atoms with E-state index in [0.29, 0.717) is 38.5 Å². The minimum atomic E-state index is -3.62. The Hall–Kier alpha value is -4.02. The molecule has 44 heavy (non-hydrogen) atoms. The number of fused-ring (bicyclic) bond motifs is 2. The fourth-order valence-corrected chi connectivity index (χ4v) is 4.36. The van der Waals surface area contributed by atoms with Crippen molar-refractivity contribution in [1.82, 2.24) is 19.8 Å². The molecule has 0 saturated carbocycles. The summed E-state index contributed by atoms with van der Waals surface area (Å²) in [6.45, 7) is -21.6. The van der Waals surface area contributed by atoms with Gasteiger partial charge in [0.05, 0.1) is 13.2 Å². The molecule has 0 unspecified atom stereocenters. The number of carbonyl (C=O) groups excluding carboxylic acids is 2. The van der Waals surface area contributed by atoms with E-state index in [0.717, 1.165) is 12.4 Å². The molecule has 4 rings (SSSR count). The lowest BCUT2D eigenvalue weighted by atomic mass is 10.1. The molecule has 0 atom stereocenters. The van der Waals surface area contributed by atoms with Crippen LogP contribution in [0.15, 0.2) is 48.8 Å². The van der Waals surface area contributed by atoms with Crippen molar-refractivity contribution in [2.45, 2.75) is 51.3 Å². The molecule has 0 bridgehead atoms. The summed E-state index contributed by atoms with van der Waals surface area (Å²) >= 11 is 0. The van der Waals surface area contributed by atoms with E-state index in [4.69, 9.17) is 46.4 Å². The third-order valence-corrected chi connectivity index (χ3v) is 6.30. The molecule has 2 heterocycles. The molecular weight excluding hydrogens is 560 g/mol. The summed E-state index contributed by atoms with van der Waals surface area (Å²) in [4.78, 5) is 29.7. The lowest BCUT2D eigenvalue weighted by Gasteiger charge is -2.11. The number of unbranched alkanes of at least 4 members (excludes halogenated alkanes) is 5. The molecule has 0 amide bonds. The first-order valence-corrected chi connectivity index (χ1v) is 13.7. The van der Waals surface area contributed by atoms with Crippen LogP contribution < -0.4 is 9.47 Å². The van der Waals surface area contributed by atoms with Crippen LogP contribution in [0.3, 0.4) is 0 Å². The minimum absolute atomic E-state index is 0.0713. The Morgan fingerprint density at radius 3 is 1.55 bits per heavy atom. The van der Waals surface area contributed by atoms with E-state index in [-0.39, 0.29) is 46.5 Å². The van der Waals surface area contributed by atoms with Crippen molar-refractivity contribution in [2.75, 3.05) is 54.1 Å². The van der Waals surface area contributed by atoms with Gasteiger partial charge in [-0.3, -0.25) is 0 Å². The number of hydrogen-bond donors (Lipinski definition) is 2. The predicted octanol–water partition coefficient (Wildman–Crippen LogP) is 6.93. The molecule has 0 spiro atoms. The van der Waals surface area contributed by atoms with Gasteiger partial charge < -0.3 is 38.7 Å². The highest BCUT2D eigenvalue weighted by Gasteiger charge is 2.15. The normalized spacial score (nSPS) is 20.7. The Bertz CT molecular complexity index is 2060. The molecule has 238 valence electrons. The van der Waals surface area contributed by atoms with Gasteiger partial charge in [-0.25, -0.2) is 9.59 Å². The first kappa shape index (κ1) is 15.3. The van der Waals surface area contributed by atoms with Gasteiger partial charge in [-0.15, -0.1) is 0 Å². The minimum Gasteiger partial charge on any atom is -0.434 e. The Kier molecular flexibility index (Phi) is 5.82. The fraction of sp³-hybridized carbons (Fsp3) is 0.471. The van der Waals surface area contributed by atoms with E-state index in [2.05, 4.69) is 9.97 Å². The lowest BCUT2D eigenvalue weighted by Crippen LogP contribution is -2.15. The van der Waals surface area contributed by atoms with Crippen LogP contribution in [0.5, 0.6) is 11.5 Å². The van der Waals surface area contributed by atoms with Crippen LogP contribution in [0.2, 0.25) is 0 Å². The first-order chi connectivity index (χ1) is 29.2. The summed E-state index contributed by atoms with van der Waals surface area (Å²) in [5.41, 5.74) is -0.670. The molecule has 0 saturated heterocycles. The van der Waals surface area contributed by atoms with E-state index in [9.17, 15) is 9.59 Å². The molecule has 0 aliphatic carbocycles. The maximum atomic E-state index is 12.6. The third kappa shape index (κ3) is 9.75. The van der Waals surface area contributed by atoms with Crippen LogP contribution in [0, 0.1) is 0 Å². The van der Waals surface area contributed by atoms with Crippen molar-refractivity contribution in [2.24, 2.45) is 0 Å². The van der Waals surface area contributed by atoms with Gasteiger partial charge in [-0.2, -0.15) is 0 Å². The lowest BCUT2D eigenvalue weighted by molar-refractivity contribution is 0.0957. The molecule has 2 aromatic heterocycles. The Morgan fingerprint density at radius 2 is 1.11 bits per heavy atom. The number of aromatic nitrogens is 2. The quantitative estimate of drug-likeness (QED) is 0.0738. The number of carbonyl (C=O) groups is 2. The number of likely N-dealkylation sites (N-methyl/N-ethyl adjacent to an activating group) is 2. The maximum Gasteiger partial charge on any atom is 0.513 e. The molecule has 0 aliphatic heterocycles. The zero-order valence-corrected chi connectivity index (χ0v) is 23.6. The standard InChI is InChI=1S/C34H46N4O6/c1-37(2)19-17-25-23-35-27-13-11-15-29(31(25)27)43-33(39)41-21-9-7-5-6-8-10-22-42-34(40)44-30-16-12-14-28-32(30)26(24-36-28)18-20-38(3)4/h11-16,23-24,35-36H,5-10,17-22H2,1-4H3/i1D3,2D3,3D3,4D3,17D2,18D2,19D2,20D2. The number of aromatic amines is 2. The van der Waals surface area contributed by atoms with E-state index in [1.54, 1.807) is 0 Å². The van der Waals surface area contributed by atoms with Crippen molar-refractivity contribution >= 4 is 34.1 Å². The highest BCUT2D eigenvalue weighted by Crippen LogP contribution is 2.31. The number of benzene rings is 2. The van der Waals surface area contributed by atoms with E-state index < -0.39 is 86.9 Å². The van der Waals surface area contributed by atoms with Crippen molar-refractivity contribution in [3.8, 4) is 11.5 Å². The van der Waals surface area contributed by atoms with Gasteiger partial charge >= 0.3 is 12.3 Å². The highest BCUT2D eigenvalue weighted by molar-refractivity contribution is 5.91. The summed E-state index contributed by atoms with van der Waals surface area (Å²) in [6.07, 6.45) is -3.43. The van der Waals surface area contributed by atoms with Gasteiger partial charge in [0.2, 0.25) is 0 Å². The summed E-state index contributed by atoms with van der Waals surface area (Å²) in [5, 5.41) is -0.287. The summed E-state index contributed by atoms with van der Waals surface area (Å²) < 4.78 is 180. The van der Waals surface area contributed by atoms with Crippen LogP contribution in [-0.4, -0.2) is 86.2 Å². The number of hydrogen-bond acceptors (Lipinski definition) is 8. The first-order valence-electron chi connectivity index (χ1n) is 23.7. The number of rotatable bonds is 17. The van der Waals surface area contributed by atoms with Gasteiger partial charge in [0.1, 0.15) is 11.5 Å². The summed E-state index contributed by atoms with van der Waals surface area (Å²) in [6, 6.07) is 8.35. The van der Waals surface area contributed by atoms with Gasteiger partial charge in [0, 0.05) is 74.6 Å². The third-order valence-electron chi connectivity index (χ3n) is 6.30. The second-order valence-electron chi connectivity index (χ2n) is 9.43. The van der Waals surface area contributed by atoms with Gasteiger partial charge in [-0.05, 0) is 88.9 Å². The number of nitrogens with one attached hydrogen (secondary N) is 2. The Morgan fingerprint density at radius 1 is 0.682 bits per heavy atom. The van der Waals surface area contributed by atoms with Crippen LogP contribution in [0.1, 0.15) is 77.1 Å². The second-order valence-corrected chi connectivity index (χ2v) is 9.43. The van der Waals surface area contributed by atoms with Gasteiger partial charge in [-0.1, -0.05) is 37.8 Å². The van der Waals surface area contributed by atoms with Crippen LogP contribution in [0.25, 0.3) is 21.8 Å². The molecule has 0 radical (unpaired) electrons. The van der Waals surface area contributed by atoms with Crippen molar-refractivity contribution < 1.29 is 56.0 Å². The molecule has 10 heteroatoms. The molecule has 0 fully saturated rings. The average Bonchev–Trinajstić information content (AvgIpc) is 3.76. The number of aryl methyl sites for hydroxylation is 2. The zero-order valence-electron chi connectivity index (χ0n) is 43.6. The van der Waals surface area contributed by atoms with Gasteiger partial charge in [0.15, 0.2) is 0 Å². The molecule has 0 aliphatic rings. The number of ether oxygens (including phenoxy) is 4. The smallest absolute Gasteiger partial charge is 0.434 e. The molecule has 10 nitrogen and oxygen atoms in total. The van der Waals surface area contributed by atoms with Crippen molar-refractivity contribution in [3.05, 3.63) is 59.9 Å². The van der Waals surface area contributed by atoms with Crippen LogP contribution >= 0.6 is 0 Å². The zero-order chi connectivity index (χ0) is 48.5. The second kappa shape index (κ2) is 16.7. The Balaban J connectivity index is 1.25. The van der Waals surface area contributed by atoms with Gasteiger partial charge in [0.25, 0.3) is 0 Å². The maximum absolute atomic E-state index is 12.6. The topological polar surface area (TPSA) is 109 Å². The van der Waals surface area contributed by atoms with E-state index in [1.807, 2.05) is 0 Å². The number of nitrogens with zero attached hydrogens (tertiary/aromatic N) is 2. The molecule has 4 aromatic rings. The molecule has 2 N–H and O–H groups in total. The SMILES string of the molecule is [2H]C([2H])([2H])N(C([2H])([2H])[2H])C([2H])([2H])C([2H])([2H])c1c[nH]c2cccc(OC(=O)OCCCCCCCCOC(=O)Oc3cccc4[nH]cc(C([2H])([2H])C([2H])([2H])N(C([2H])([2H])[2H])C([2H])([2H])[2H])c34)c12. The van der Waals surface area contributed by atoms with Crippen LogP contribution in [-0.2, 0) is 22.2 Å². The van der Waals surface area contributed by atoms with Crippen molar-refractivity contribution in [1.29, 1.82) is 0 Å². The van der Waals surface area contributed by atoms with E-state index >= 15 is 0 Å². The van der Waals surface area contributed by atoms with Crippen LogP contribution in [0.4, 0.5) is 9.59 Å². The number of H-pyrrole nitrogens is 2. The summed E-state index contributed by atoms with van der Waals surface area (Å²) in [5.74, 6) is -0.519. The average molecular weight is 627 g/mol. The van der Waals surface area contributed by atoms with E-state index in [1.165, 1.54) is 36.4 Å². The Labute approximate surface area is 287 Å². The van der Waals surface area contributed by atoms with Crippen molar-refractivity contribution in [3.63, 3.8) is 0 Å². The monoisotopic (exact) mass is 626 g/mol. The summed E-state index contributed by atoms with van der Waals surface area (Å²) in [7, 11) is 0. The highest BCUT2D eigenvalue weighted by atomic mass is 16.7. The largest absolute Gasteiger partial charge is 0.513 e. The molecule has 2 aromatic carbocycles. The molecular formula is C34H46N4O6. The predicted molar refractivity (Wildman–Crippen MR) is 173 cm³/mol. The fourth-order valence-electron chi connectivity index (χ4n) is 4.36.